The Bertz CT molecular complexity index is 148. The van der Waals surface area contributed by atoms with Crippen molar-refractivity contribution in [1.82, 2.24) is 0 Å². The molecule has 63 valence electrons. The molecular weight excluding hydrogens is 152 g/mol. The van der Waals surface area contributed by atoms with E-state index in [-0.39, 0.29) is 0 Å². The molecule has 0 unspecified atom stereocenters. The molecule has 0 aliphatic heterocycles. The summed E-state index contributed by atoms with van der Waals surface area (Å²) in [4.78, 5) is 0. The topological polar surface area (TPSA) is 9.23 Å². The molecule has 0 aromatic carbocycles. The molecule has 0 aromatic rings. The minimum Gasteiger partial charge on any atom is -0.542 e. The van der Waals surface area contributed by atoms with Crippen LogP contribution >= 0.6 is 0 Å². The summed E-state index contributed by atoms with van der Waals surface area (Å²) in [7, 11) is -0.627. The van der Waals surface area contributed by atoms with Crippen LogP contribution in [0.5, 0.6) is 0 Å². The lowest BCUT2D eigenvalue weighted by atomic mass is 10.3. The van der Waals surface area contributed by atoms with E-state index in [1.165, 1.54) is 0 Å². The van der Waals surface area contributed by atoms with Gasteiger partial charge in [-0.2, -0.15) is 0 Å². The van der Waals surface area contributed by atoms with Gasteiger partial charge in [-0.1, -0.05) is 27.0 Å². The van der Waals surface area contributed by atoms with Crippen LogP contribution in [0.4, 0.5) is 0 Å². The van der Waals surface area contributed by atoms with E-state index in [1.54, 1.807) is 0 Å². The van der Waals surface area contributed by atoms with Gasteiger partial charge in [0, 0.05) is 0 Å². The van der Waals surface area contributed by atoms with Crippen LogP contribution in [0.1, 0.15) is 20.8 Å². The molecule has 0 aliphatic rings. The molecule has 0 bridgehead atoms. The van der Waals surface area contributed by atoms with Gasteiger partial charge in [0.2, 0.25) is 0 Å². The van der Waals surface area contributed by atoms with E-state index in [9.17, 15) is 0 Å². The minimum absolute atomic E-state index is 0.627. The first kappa shape index (κ1) is 10.5. The van der Waals surface area contributed by atoms with Crippen LogP contribution in [0.15, 0.2) is 24.5 Å². The van der Waals surface area contributed by atoms with Crippen molar-refractivity contribution < 1.29 is 4.43 Å². The molecule has 1 nitrogen and oxygen atoms in total. The lowest BCUT2D eigenvalue weighted by molar-refractivity contribution is 0.445. The third-order valence-corrected chi connectivity index (χ3v) is 3.64. The highest BCUT2D eigenvalue weighted by atomic mass is 28.3. The Morgan fingerprint density at radius 1 is 1.27 bits per heavy atom. The molecule has 0 aliphatic carbocycles. The number of rotatable bonds is 5. The van der Waals surface area contributed by atoms with Crippen LogP contribution in [0, 0.1) is 0 Å². The van der Waals surface area contributed by atoms with E-state index in [1.807, 2.05) is 6.92 Å². The summed E-state index contributed by atoms with van der Waals surface area (Å²) in [5.74, 6) is 0.766. The average Bonchev–Trinajstić information content (AvgIpc) is 1.99. The van der Waals surface area contributed by atoms with Gasteiger partial charge in [-0.3, -0.25) is 0 Å². The maximum absolute atomic E-state index is 5.62. The van der Waals surface area contributed by atoms with Crippen molar-refractivity contribution in [3.63, 3.8) is 0 Å². The van der Waals surface area contributed by atoms with Gasteiger partial charge in [0.1, 0.15) is 0 Å². The second-order valence-electron chi connectivity index (χ2n) is 2.55. The molecule has 0 amide bonds. The summed E-state index contributed by atoms with van der Waals surface area (Å²) in [6, 6.07) is 2.26. The molecule has 0 N–H and O–H groups in total. The highest BCUT2D eigenvalue weighted by molar-refractivity contribution is 6.51. The SMILES string of the molecule is C=C(C)C(=C)O[Si](CC)CC. The lowest BCUT2D eigenvalue weighted by Crippen LogP contribution is -2.14. The van der Waals surface area contributed by atoms with Gasteiger partial charge >= 0.3 is 0 Å². The van der Waals surface area contributed by atoms with E-state index in [4.69, 9.17) is 4.43 Å². The lowest BCUT2D eigenvalue weighted by Gasteiger charge is -2.14. The summed E-state index contributed by atoms with van der Waals surface area (Å²) < 4.78 is 5.62. The van der Waals surface area contributed by atoms with E-state index >= 15 is 0 Å². The molecule has 11 heavy (non-hydrogen) atoms. The highest BCUT2D eigenvalue weighted by Crippen LogP contribution is 2.11. The molecule has 0 saturated carbocycles. The molecular formula is C9H17OSi. The molecule has 0 rings (SSSR count). The summed E-state index contributed by atoms with van der Waals surface area (Å²) >= 11 is 0. The van der Waals surface area contributed by atoms with E-state index < -0.39 is 9.04 Å². The molecule has 2 heteroatoms. The fourth-order valence-corrected chi connectivity index (χ4v) is 1.97. The van der Waals surface area contributed by atoms with Crippen molar-refractivity contribution in [2.45, 2.75) is 32.9 Å². The van der Waals surface area contributed by atoms with Crippen LogP contribution in [-0.2, 0) is 4.43 Å². The molecule has 0 spiro atoms. The Morgan fingerprint density at radius 2 is 1.73 bits per heavy atom. The quantitative estimate of drug-likeness (QED) is 0.349. The molecule has 1 radical (unpaired) electrons. The van der Waals surface area contributed by atoms with Crippen molar-refractivity contribution in [2.24, 2.45) is 0 Å². The number of allylic oxidation sites excluding steroid dienone is 1. The third-order valence-electron chi connectivity index (χ3n) is 1.53. The first-order valence-corrected chi connectivity index (χ1v) is 5.81. The standard InChI is InChI=1S/C9H17OSi/c1-6-11(7-2)10-9(5)8(3)4/h3,5-7H2,1-2,4H3. The monoisotopic (exact) mass is 169 g/mol. The molecule has 0 atom stereocenters. The zero-order chi connectivity index (χ0) is 8.85. The molecule has 0 saturated heterocycles. The fourth-order valence-electron chi connectivity index (χ4n) is 0.656. The second kappa shape index (κ2) is 5.19. The van der Waals surface area contributed by atoms with Crippen molar-refractivity contribution >= 4 is 9.04 Å². The summed E-state index contributed by atoms with van der Waals surface area (Å²) in [5, 5.41) is 0. The van der Waals surface area contributed by atoms with Gasteiger partial charge in [-0.05, 0) is 24.6 Å². The van der Waals surface area contributed by atoms with Gasteiger partial charge in [0.15, 0.2) is 0 Å². The first-order chi connectivity index (χ1) is 5.11. The van der Waals surface area contributed by atoms with Gasteiger partial charge in [-0.15, -0.1) is 0 Å². The minimum atomic E-state index is -0.627. The molecule has 0 aromatic heterocycles. The van der Waals surface area contributed by atoms with Crippen molar-refractivity contribution in [3.05, 3.63) is 24.5 Å². The van der Waals surface area contributed by atoms with Crippen molar-refractivity contribution in [3.8, 4) is 0 Å². The van der Waals surface area contributed by atoms with Crippen LogP contribution in [0.3, 0.4) is 0 Å². The second-order valence-corrected chi connectivity index (χ2v) is 5.25. The Kier molecular flexibility index (Phi) is 4.95. The maximum atomic E-state index is 5.62. The summed E-state index contributed by atoms with van der Waals surface area (Å²) in [5.41, 5.74) is 0.939. The Morgan fingerprint density at radius 3 is 2.00 bits per heavy atom. The Balaban J connectivity index is 3.81. The predicted octanol–water partition coefficient (Wildman–Crippen LogP) is 3.12. The fraction of sp³-hybridized carbons (Fsp3) is 0.556. The van der Waals surface area contributed by atoms with Crippen LogP contribution in [0.25, 0.3) is 0 Å². The van der Waals surface area contributed by atoms with Gasteiger partial charge in [0.25, 0.3) is 9.04 Å². The van der Waals surface area contributed by atoms with E-state index in [0.29, 0.717) is 0 Å². The smallest absolute Gasteiger partial charge is 0.280 e. The van der Waals surface area contributed by atoms with E-state index in [2.05, 4.69) is 27.0 Å². The van der Waals surface area contributed by atoms with Crippen molar-refractivity contribution in [2.75, 3.05) is 0 Å². The zero-order valence-electron chi connectivity index (χ0n) is 7.74. The summed E-state index contributed by atoms with van der Waals surface area (Å²) in [6.07, 6.45) is 0. The highest BCUT2D eigenvalue weighted by Gasteiger charge is 2.09. The normalized spacial score (nSPS) is 9.82. The number of hydrogen-bond acceptors (Lipinski definition) is 1. The average molecular weight is 169 g/mol. The molecule has 0 heterocycles. The predicted molar refractivity (Wildman–Crippen MR) is 51.8 cm³/mol. The van der Waals surface area contributed by atoms with Crippen LogP contribution in [0.2, 0.25) is 12.1 Å². The van der Waals surface area contributed by atoms with Crippen molar-refractivity contribution in [1.29, 1.82) is 0 Å². The van der Waals surface area contributed by atoms with Gasteiger partial charge < -0.3 is 4.43 Å². The largest absolute Gasteiger partial charge is 0.542 e. The van der Waals surface area contributed by atoms with Gasteiger partial charge in [0.05, 0.1) is 5.76 Å². The maximum Gasteiger partial charge on any atom is 0.280 e. The zero-order valence-corrected chi connectivity index (χ0v) is 8.74. The van der Waals surface area contributed by atoms with Gasteiger partial charge in [-0.25, -0.2) is 0 Å². The third kappa shape index (κ3) is 4.04. The van der Waals surface area contributed by atoms with Crippen LogP contribution < -0.4 is 0 Å². The first-order valence-electron chi connectivity index (χ1n) is 3.99. The summed E-state index contributed by atoms with van der Waals surface area (Å²) in [6.45, 7) is 13.8. The number of hydrogen-bond donors (Lipinski definition) is 0. The van der Waals surface area contributed by atoms with E-state index in [0.717, 1.165) is 23.4 Å². The molecule has 0 fully saturated rings. The Hall–Kier alpha value is -0.503. The Labute approximate surface area is 71.5 Å². The van der Waals surface area contributed by atoms with Crippen LogP contribution in [-0.4, -0.2) is 9.04 Å².